The number of hydrogen-bond acceptors (Lipinski definition) is 2. The molecule has 1 aliphatic carbocycles. The van der Waals surface area contributed by atoms with Gasteiger partial charge in [0.15, 0.2) is 5.11 Å². The van der Waals surface area contributed by atoms with Gasteiger partial charge in [-0.15, -0.1) is 0 Å². The fourth-order valence-corrected chi connectivity index (χ4v) is 4.61. The van der Waals surface area contributed by atoms with Gasteiger partial charge >= 0.3 is 0 Å². The van der Waals surface area contributed by atoms with Crippen LogP contribution < -0.4 is 5.32 Å². The van der Waals surface area contributed by atoms with Crippen LogP contribution in [-0.2, 0) is 0 Å². The molecule has 0 bridgehead atoms. The first-order chi connectivity index (χ1) is 13.8. The molecule has 0 aromatic heterocycles. The Balaban J connectivity index is 1.54. The SMILES string of the molecule is S=C(NC1CCCCCCC1)N1N=C(c2ccccc2)CC1c1ccccc1. The average Bonchev–Trinajstić information content (AvgIpc) is 3.17. The van der Waals surface area contributed by atoms with E-state index >= 15 is 0 Å². The van der Waals surface area contributed by atoms with Crippen molar-refractivity contribution in [2.75, 3.05) is 0 Å². The second kappa shape index (κ2) is 9.33. The molecule has 1 fully saturated rings. The topological polar surface area (TPSA) is 27.6 Å². The van der Waals surface area contributed by atoms with Gasteiger partial charge in [0, 0.05) is 12.5 Å². The normalized spacial score (nSPS) is 20.9. The van der Waals surface area contributed by atoms with E-state index in [1.165, 1.54) is 56.1 Å². The largest absolute Gasteiger partial charge is 0.358 e. The smallest absolute Gasteiger partial charge is 0.190 e. The summed E-state index contributed by atoms with van der Waals surface area (Å²) in [6.07, 6.45) is 9.94. The fourth-order valence-electron chi connectivity index (χ4n) is 4.28. The average molecular weight is 392 g/mol. The van der Waals surface area contributed by atoms with Crippen molar-refractivity contribution in [1.29, 1.82) is 0 Å². The molecule has 2 aliphatic rings. The van der Waals surface area contributed by atoms with Crippen LogP contribution in [0.4, 0.5) is 0 Å². The summed E-state index contributed by atoms with van der Waals surface area (Å²) in [4.78, 5) is 0. The maximum atomic E-state index is 5.86. The molecule has 1 atom stereocenters. The Morgan fingerprint density at radius 2 is 1.46 bits per heavy atom. The fraction of sp³-hybridized carbons (Fsp3) is 0.417. The van der Waals surface area contributed by atoms with Gasteiger partial charge in [0.05, 0.1) is 11.8 Å². The van der Waals surface area contributed by atoms with Crippen molar-refractivity contribution < 1.29 is 0 Å². The first kappa shape index (κ1) is 19.1. The quantitative estimate of drug-likeness (QED) is 0.668. The molecule has 28 heavy (non-hydrogen) atoms. The second-order valence-electron chi connectivity index (χ2n) is 7.88. The molecule has 1 saturated carbocycles. The number of thiocarbonyl (C=S) groups is 1. The first-order valence-electron chi connectivity index (χ1n) is 10.6. The predicted octanol–water partition coefficient (Wildman–Crippen LogP) is 5.83. The highest BCUT2D eigenvalue weighted by atomic mass is 32.1. The molecule has 3 nitrogen and oxygen atoms in total. The third-order valence-electron chi connectivity index (χ3n) is 5.84. The van der Waals surface area contributed by atoms with E-state index in [1.807, 2.05) is 11.1 Å². The van der Waals surface area contributed by atoms with Crippen LogP contribution in [0.5, 0.6) is 0 Å². The van der Waals surface area contributed by atoms with E-state index in [0.29, 0.717) is 6.04 Å². The first-order valence-corrected chi connectivity index (χ1v) is 11.0. The lowest BCUT2D eigenvalue weighted by atomic mass is 9.97. The highest BCUT2D eigenvalue weighted by Gasteiger charge is 2.32. The molecular formula is C24H29N3S. The zero-order valence-electron chi connectivity index (χ0n) is 16.4. The summed E-state index contributed by atoms with van der Waals surface area (Å²) in [6.45, 7) is 0. The molecule has 4 heteroatoms. The molecule has 146 valence electrons. The van der Waals surface area contributed by atoms with E-state index in [9.17, 15) is 0 Å². The molecule has 0 radical (unpaired) electrons. The minimum absolute atomic E-state index is 0.157. The molecule has 1 aliphatic heterocycles. The molecule has 2 aromatic rings. The van der Waals surface area contributed by atoms with Crippen LogP contribution >= 0.6 is 12.2 Å². The molecular weight excluding hydrogens is 362 g/mol. The maximum Gasteiger partial charge on any atom is 0.190 e. The van der Waals surface area contributed by atoms with Crippen molar-refractivity contribution in [3.63, 3.8) is 0 Å². The summed E-state index contributed by atoms with van der Waals surface area (Å²) in [7, 11) is 0. The minimum Gasteiger partial charge on any atom is -0.358 e. The van der Waals surface area contributed by atoms with Gasteiger partial charge in [-0.05, 0) is 36.2 Å². The second-order valence-corrected chi connectivity index (χ2v) is 8.27. The lowest BCUT2D eigenvalue weighted by Gasteiger charge is -2.29. The molecule has 1 unspecified atom stereocenters. The van der Waals surface area contributed by atoms with Crippen molar-refractivity contribution in [2.45, 2.75) is 63.5 Å². The minimum atomic E-state index is 0.157. The van der Waals surface area contributed by atoms with E-state index in [1.54, 1.807) is 0 Å². The van der Waals surface area contributed by atoms with Crippen LogP contribution in [0.1, 0.15) is 68.5 Å². The molecule has 1 heterocycles. The van der Waals surface area contributed by atoms with Crippen molar-refractivity contribution in [2.24, 2.45) is 5.10 Å². The third kappa shape index (κ3) is 4.61. The van der Waals surface area contributed by atoms with Gasteiger partial charge in [-0.1, -0.05) is 92.8 Å². The van der Waals surface area contributed by atoms with Gasteiger partial charge < -0.3 is 5.32 Å². The Hall–Kier alpha value is -2.20. The third-order valence-corrected chi connectivity index (χ3v) is 6.15. The van der Waals surface area contributed by atoms with Crippen molar-refractivity contribution in [3.8, 4) is 0 Å². The standard InChI is InChI=1S/C24H29N3S/c28-24(25-21-16-10-2-1-3-11-17-21)27-23(20-14-8-5-9-15-20)18-22(26-27)19-12-6-4-7-13-19/h4-9,12-15,21,23H,1-3,10-11,16-18H2,(H,25,28). The number of nitrogens with one attached hydrogen (secondary N) is 1. The Kier molecular flexibility index (Phi) is 6.38. The Bertz CT molecular complexity index is 795. The molecule has 0 spiro atoms. The summed E-state index contributed by atoms with van der Waals surface area (Å²) in [5.74, 6) is 0. The van der Waals surface area contributed by atoms with Gasteiger partial charge in [0.2, 0.25) is 0 Å². The van der Waals surface area contributed by atoms with E-state index in [4.69, 9.17) is 17.3 Å². The van der Waals surface area contributed by atoms with Crippen LogP contribution in [-0.4, -0.2) is 21.9 Å². The Morgan fingerprint density at radius 3 is 2.14 bits per heavy atom. The molecule has 2 aromatic carbocycles. The van der Waals surface area contributed by atoms with Crippen LogP contribution in [0, 0.1) is 0 Å². The summed E-state index contributed by atoms with van der Waals surface area (Å²) in [5.41, 5.74) is 3.55. The van der Waals surface area contributed by atoms with Gasteiger partial charge in [0.25, 0.3) is 0 Å². The van der Waals surface area contributed by atoms with Crippen molar-refractivity contribution in [1.82, 2.24) is 10.3 Å². The summed E-state index contributed by atoms with van der Waals surface area (Å²) in [5, 5.41) is 11.4. The van der Waals surface area contributed by atoms with Crippen LogP contribution in [0.2, 0.25) is 0 Å². The number of nitrogens with zero attached hydrogens (tertiary/aromatic N) is 2. The highest BCUT2D eigenvalue weighted by Crippen LogP contribution is 2.33. The lowest BCUT2D eigenvalue weighted by molar-refractivity contribution is 0.346. The van der Waals surface area contributed by atoms with Crippen molar-refractivity contribution >= 4 is 23.0 Å². The number of benzene rings is 2. The summed E-state index contributed by atoms with van der Waals surface area (Å²) in [6, 6.07) is 21.7. The number of rotatable bonds is 3. The predicted molar refractivity (Wildman–Crippen MR) is 120 cm³/mol. The number of hydrazone groups is 1. The monoisotopic (exact) mass is 391 g/mol. The Labute approximate surface area is 173 Å². The van der Waals surface area contributed by atoms with E-state index in [0.717, 1.165) is 17.2 Å². The van der Waals surface area contributed by atoms with Crippen molar-refractivity contribution in [3.05, 3.63) is 71.8 Å². The van der Waals surface area contributed by atoms with Crippen LogP contribution in [0.3, 0.4) is 0 Å². The molecule has 4 rings (SSSR count). The lowest BCUT2D eigenvalue weighted by Crippen LogP contribution is -2.42. The molecule has 1 N–H and O–H groups in total. The summed E-state index contributed by atoms with van der Waals surface area (Å²) < 4.78 is 0. The van der Waals surface area contributed by atoms with Gasteiger partial charge in [-0.2, -0.15) is 5.10 Å². The van der Waals surface area contributed by atoms with Gasteiger partial charge in [-0.25, -0.2) is 5.01 Å². The van der Waals surface area contributed by atoms with Gasteiger partial charge in [-0.3, -0.25) is 0 Å². The highest BCUT2D eigenvalue weighted by molar-refractivity contribution is 7.80. The van der Waals surface area contributed by atoms with Crippen LogP contribution in [0.25, 0.3) is 0 Å². The van der Waals surface area contributed by atoms with Crippen LogP contribution in [0.15, 0.2) is 65.8 Å². The van der Waals surface area contributed by atoms with E-state index in [2.05, 4.69) is 59.9 Å². The molecule has 0 amide bonds. The van der Waals surface area contributed by atoms with E-state index in [-0.39, 0.29) is 6.04 Å². The zero-order chi connectivity index (χ0) is 19.2. The number of hydrogen-bond donors (Lipinski definition) is 1. The summed E-state index contributed by atoms with van der Waals surface area (Å²) >= 11 is 5.86. The maximum absolute atomic E-state index is 5.86. The van der Waals surface area contributed by atoms with Gasteiger partial charge in [0.1, 0.15) is 0 Å². The Morgan fingerprint density at radius 1 is 0.857 bits per heavy atom. The molecule has 0 saturated heterocycles. The zero-order valence-corrected chi connectivity index (χ0v) is 17.2. The van der Waals surface area contributed by atoms with E-state index < -0.39 is 0 Å².